The summed E-state index contributed by atoms with van der Waals surface area (Å²) in [5.41, 5.74) is 1.70. The number of nitrogens with zero attached hydrogens (tertiary/aromatic N) is 1. The van der Waals surface area contributed by atoms with Gasteiger partial charge in [-0.15, -0.1) is 11.8 Å². The van der Waals surface area contributed by atoms with Gasteiger partial charge in [0.25, 0.3) is 0 Å². The lowest BCUT2D eigenvalue weighted by molar-refractivity contribution is -0.123. The number of carbonyl (C=O) groups excluding carboxylic acids is 2. The number of amides is 2. The summed E-state index contributed by atoms with van der Waals surface area (Å²) >= 11 is 2.96. The molecule has 2 bridgehead atoms. The molecule has 3 fully saturated rings. The lowest BCUT2D eigenvalue weighted by Gasteiger charge is -2.43. The molecule has 39 heavy (non-hydrogen) atoms. The van der Waals surface area contributed by atoms with Crippen LogP contribution in [0.15, 0.2) is 58.4 Å². The standard InChI is InChI=1S/C30H30N2O5S2/c1-14(2)13-37-19-10-9-15(11-20(19)36-3)21-22-17-12-18(25(22)38-27-26(21)39-30(35)31-27)24-23(17)28(33)32(29(24)34)16-7-5-4-6-8-16/h4-11,14,17-18,21-25H,12-13H2,1-3H3,(H,31,35)/t17-,18-,21+,22+,23+,24+,25-/m1/s1. The molecule has 2 aliphatic carbocycles. The van der Waals surface area contributed by atoms with Gasteiger partial charge >= 0.3 is 4.87 Å². The number of imide groups is 1. The molecule has 202 valence electrons. The fourth-order valence-electron chi connectivity index (χ4n) is 7.47. The summed E-state index contributed by atoms with van der Waals surface area (Å²) in [4.78, 5) is 45.5. The molecular formula is C30H30N2O5S2. The molecule has 7 rings (SSSR count). The summed E-state index contributed by atoms with van der Waals surface area (Å²) in [5, 5.41) is 1.05. The van der Waals surface area contributed by atoms with Gasteiger partial charge in [-0.2, -0.15) is 0 Å². The van der Waals surface area contributed by atoms with Crippen molar-refractivity contribution < 1.29 is 19.1 Å². The SMILES string of the molecule is COc1cc([C@@H]2c3sc(=O)[nH]c3S[C@@H]3[C@@H]4C[C@@H]([C@@H]5C(=O)N(c6ccccc6)C(=O)[C@@H]45)[C@@H]23)ccc1OCC(C)C. The van der Waals surface area contributed by atoms with Crippen molar-refractivity contribution in [3.63, 3.8) is 0 Å². The van der Waals surface area contributed by atoms with E-state index in [9.17, 15) is 14.4 Å². The third kappa shape index (κ3) is 3.73. The number of nitrogens with one attached hydrogen (secondary N) is 1. The number of thioether (sulfide) groups is 1. The highest BCUT2D eigenvalue weighted by molar-refractivity contribution is 8.00. The van der Waals surface area contributed by atoms with Crippen molar-refractivity contribution >= 4 is 40.6 Å². The van der Waals surface area contributed by atoms with Crippen LogP contribution in [0.5, 0.6) is 11.5 Å². The number of rotatable bonds is 6. The Hall–Kier alpha value is -3.04. The third-order valence-electron chi connectivity index (χ3n) is 8.86. The van der Waals surface area contributed by atoms with Gasteiger partial charge in [0.05, 0.1) is 36.3 Å². The van der Waals surface area contributed by atoms with Crippen LogP contribution in [0, 0.1) is 35.5 Å². The van der Waals surface area contributed by atoms with Gasteiger partial charge in [-0.05, 0) is 59.9 Å². The van der Waals surface area contributed by atoms with E-state index in [0.717, 1.165) is 21.9 Å². The van der Waals surface area contributed by atoms with Gasteiger partial charge in [-0.1, -0.05) is 49.4 Å². The number of carbonyl (C=O) groups is 2. The van der Waals surface area contributed by atoms with E-state index in [4.69, 9.17) is 9.47 Å². The first kappa shape index (κ1) is 25.0. The van der Waals surface area contributed by atoms with Gasteiger partial charge < -0.3 is 14.5 Å². The number of aromatic nitrogens is 1. The highest BCUT2D eigenvalue weighted by atomic mass is 32.2. The highest BCUT2D eigenvalue weighted by Gasteiger charge is 2.69. The number of methoxy groups -OCH3 is 1. The van der Waals surface area contributed by atoms with Crippen LogP contribution >= 0.6 is 23.1 Å². The van der Waals surface area contributed by atoms with Crippen molar-refractivity contribution in [1.82, 2.24) is 4.98 Å². The van der Waals surface area contributed by atoms with Crippen molar-refractivity contribution in [2.45, 2.75) is 36.5 Å². The second kappa shape index (κ2) is 9.27. The van der Waals surface area contributed by atoms with Crippen molar-refractivity contribution in [2.75, 3.05) is 18.6 Å². The average Bonchev–Trinajstić information content (AvgIpc) is 3.66. The normalized spacial score (nSPS) is 30.5. The molecule has 1 N–H and O–H groups in total. The Morgan fingerprint density at radius 1 is 1.00 bits per heavy atom. The van der Waals surface area contributed by atoms with E-state index >= 15 is 0 Å². The van der Waals surface area contributed by atoms with E-state index in [1.165, 1.54) is 16.2 Å². The van der Waals surface area contributed by atoms with Gasteiger partial charge in [-0.3, -0.25) is 19.3 Å². The maximum atomic E-state index is 13.8. The average molecular weight is 563 g/mol. The van der Waals surface area contributed by atoms with Crippen LogP contribution in [-0.4, -0.2) is 35.8 Å². The summed E-state index contributed by atoms with van der Waals surface area (Å²) < 4.78 is 11.7. The minimum atomic E-state index is -0.320. The summed E-state index contributed by atoms with van der Waals surface area (Å²) in [6.45, 7) is 4.80. The molecule has 2 saturated carbocycles. The second-order valence-electron chi connectivity index (χ2n) is 11.4. The molecule has 7 nitrogen and oxygen atoms in total. The smallest absolute Gasteiger partial charge is 0.305 e. The molecule has 0 radical (unpaired) electrons. The monoisotopic (exact) mass is 562 g/mol. The van der Waals surface area contributed by atoms with Crippen LogP contribution in [0.4, 0.5) is 5.69 Å². The molecule has 0 unspecified atom stereocenters. The van der Waals surface area contributed by atoms with Crippen LogP contribution in [0.2, 0.25) is 0 Å². The summed E-state index contributed by atoms with van der Waals surface area (Å²) in [6.07, 6.45) is 0.861. The fourth-order valence-corrected chi connectivity index (χ4v) is 10.4. The van der Waals surface area contributed by atoms with E-state index < -0.39 is 0 Å². The number of fused-ring (bicyclic) bond motifs is 9. The Bertz CT molecular complexity index is 1510. The third-order valence-corrected chi connectivity index (χ3v) is 11.4. The maximum absolute atomic E-state index is 13.8. The molecule has 9 heteroatoms. The zero-order valence-electron chi connectivity index (χ0n) is 22.0. The lowest BCUT2D eigenvalue weighted by atomic mass is 9.68. The first-order chi connectivity index (χ1) is 18.9. The number of para-hydroxylation sites is 1. The number of hydrogen-bond donors (Lipinski definition) is 1. The molecule has 4 aliphatic rings. The Morgan fingerprint density at radius 2 is 1.74 bits per heavy atom. The van der Waals surface area contributed by atoms with E-state index in [1.807, 2.05) is 42.5 Å². The van der Waals surface area contributed by atoms with Crippen LogP contribution < -0.4 is 19.2 Å². The summed E-state index contributed by atoms with van der Waals surface area (Å²) in [6, 6.07) is 15.3. The Labute approximate surface area is 234 Å². The van der Waals surface area contributed by atoms with Crippen molar-refractivity contribution in [3.8, 4) is 11.5 Å². The van der Waals surface area contributed by atoms with Gasteiger partial charge in [0.1, 0.15) is 0 Å². The van der Waals surface area contributed by atoms with Crippen LogP contribution in [-0.2, 0) is 9.59 Å². The van der Waals surface area contributed by atoms with Gasteiger partial charge in [0.15, 0.2) is 11.5 Å². The van der Waals surface area contributed by atoms with Crippen LogP contribution in [0.1, 0.15) is 36.6 Å². The molecule has 2 aliphatic heterocycles. The minimum Gasteiger partial charge on any atom is -0.493 e. The molecule has 2 aromatic carbocycles. The molecule has 0 spiro atoms. The van der Waals surface area contributed by atoms with E-state index in [1.54, 1.807) is 18.9 Å². The van der Waals surface area contributed by atoms with Gasteiger partial charge in [0, 0.05) is 16.0 Å². The lowest BCUT2D eigenvalue weighted by Crippen LogP contribution is -2.42. The molecule has 3 aromatic rings. The number of aromatic amines is 1. The van der Waals surface area contributed by atoms with E-state index in [2.05, 4.69) is 24.9 Å². The maximum Gasteiger partial charge on any atom is 0.305 e. The molecule has 7 atom stereocenters. The number of thiazole rings is 1. The number of benzene rings is 2. The predicted molar refractivity (Wildman–Crippen MR) is 151 cm³/mol. The Morgan fingerprint density at radius 3 is 2.46 bits per heavy atom. The Balaban J connectivity index is 1.29. The highest BCUT2D eigenvalue weighted by Crippen LogP contribution is 2.68. The van der Waals surface area contributed by atoms with Crippen LogP contribution in [0.3, 0.4) is 0 Å². The van der Waals surface area contributed by atoms with Crippen molar-refractivity contribution in [3.05, 3.63) is 68.6 Å². The largest absolute Gasteiger partial charge is 0.493 e. The second-order valence-corrected chi connectivity index (χ2v) is 13.6. The number of anilines is 1. The number of ether oxygens (including phenoxy) is 2. The van der Waals surface area contributed by atoms with E-state index in [0.29, 0.717) is 29.7 Å². The molecule has 1 saturated heterocycles. The first-order valence-corrected chi connectivity index (χ1v) is 15.2. The number of hydrogen-bond acceptors (Lipinski definition) is 7. The zero-order valence-corrected chi connectivity index (χ0v) is 23.6. The molecular weight excluding hydrogens is 532 g/mol. The van der Waals surface area contributed by atoms with E-state index in [-0.39, 0.29) is 57.4 Å². The fraction of sp³-hybridized carbons (Fsp3) is 0.433. The molecule has 2 amide bonds. The summed E-state index contributed by atoms with van der Waals surface area (Å²) in [7, 11) is 1.64. The number of H-pyrrole nitrogens is 1. The predicted octanol–water partition coefficient (Wildman–Crippen LogP) is 5.16. The topological polar surface area (TPSA) is 88.7 Å². The Kier molecular flexibility index (Phi) is 5.93. The van der Waals surface area contributed by atoms with Gasteiger partial charge in [-0.25, -0.2) is 0 Å². The zero-order chi connectivity index (χ0) is 27.0. The first-order valence-electron chi connectivity index (χ1n) is 13.5. The molecule has 3 heterocycles. The summed E-state index contributed by atoms with van der Waals surface area (Å²) in [5.74, 6) is 1.21. The minimum absolute atomic E-state index is 0.0622. The quantitative estimate of drug-likeness (QED) is 0.418. The van der Waals surface area contributed by atoms with Gasteiger partial charge in [0.2, 0.25) is 11.8 Å². The van der Waals surface area contributed by atoms with Crippen LogP contribution in [0.25, 0.3) is 0 Å². The van der Waals surface area contributed by atoms with Crippen molar-refractivity contribution in [1.29, 1.82) is 0 Å². The van der Waals surface area contributed by atoms with Crippen molar-refractivity contribution in [2.24, 2.45) is 35.5 Å². The molecule has 1 aromatic heterocycles.